The summed E-state index contributed by atoms with van der Waals surface area (Å²) in [5.74, 6) is 1.61. The first kappa shape index (κ1) is 19.1. The van der Waals surface area contributed by atoms with Gasteiger partial charge in [0, 0.05) is 36.8 Å². The van der Waals surface area contributed by atoms with Gasteiger partial charge in [0.25, 0.3) is 0 Å². The minimum atomic E-state index is 0.0639. The largest absolute Gasteiger partial charge is 0.488 e. The molecule has 1 amide bonds. The molecule has 30 heavy (non-hydrogen) atoms. The van der Waals surface area contributed by atoms with E-state index in [4.69, 9.17) is 4.74 Å². The molecule has 1 saturated heterocycles. The second-order valence-corrected chi connectivity index (χ2v) is 8.29. The third kappa shape index (κ3) is 3.67. The number of likely N-dealkylation sites (tertiary alicyclic amines) is 1. The fourth-order valence-corrected chi connectivity index (χ4v) is 4.31. The highest BCUT2D eigenvalue weighted by Gasteiger charge is 2.30. The Morgan fingerprint density at radius 3 is 2.97 bits per heavy atom. The third-order valence-corrected chi connectivity index (χ3v) is 6.18. The molecule has 0 radical (unpaired) electrons. The van der Waals surface area contributed by atoms with E-state index in [1.807, 2.05) is 30.1 Å². The van der Waals surface area contributed by atoms with Gasteiger partial charge < -0.3 is 10.1 Å². The van der Waals surface area contributed by atoms with Crippen LogP contribution in [0.15, 0.2) is 30.6 Å². The Labute approximate surface area is 175 Å². The van der Waals surface area contributed by atoms with Gasteiger partial charge in [-0.1, -0.05) is 6.92 Å². The second-order valence-electron chi connectivity index (χ2n) is 8.29. The maximum absolute atomic E-state index is 12.0. The van der Waals surface area contributed by atoms with Crippen LogP contribution in [0.3, 0.4) is 0 Å². The van der Waals surface area contributed by atoms with Crippen LogP contribution in [0.4, 0.5) is 5.82 Å². The summed E-state index contributed by atoms with van der Waals surface area (Å²) in [5.41, 5.74) is 2.87. The molecule has 1 aliphatic carbocycles. The molecule has 2 aliphatic rings. The van der Waals surface area contributed by atoms with Crippen molar-refractivity contribution < 1.29 is 9.53 Å². The highest BCUT2D eigenvalue weighted by Crippen LogP contribution is 2.32. The van der Waals surface area contributed by atoms with E-state index in [2.05, 4.69) is 33.4 Å². The zero-order chi connectivity index (χ0) is 20.7. The van der Waals surface area contributed by atoms with Crippen LogP contribution in [0.2, 0.25) is 0 Å². The van der Waals surface area contributed by atoms with Gasteiger partial charge in [0.05, 0.1) is 11.7 Å². The number of hydrogen-bond acceptors (Lipinski definition) is 5. The van der Waals surface area contributed by atoms with E-state index in [1.165, 1.54) is 12.8 Å². The summed E-state index contributed by atoms with van der Waals surface area (Å²) >= 11 is 0. The molecule has 3 aromatic heterocycles. The normalized spacial score (nSPS) is 19.5. The molecule has 1 atom stereocenters. The number of nitrogens with zero attached hydrogens (tertiary/aromatic N) is 5. The number of anilines is 1. The molecular formula is C22H28N6O2. The summed E-state index contributed by atoms with van der Waals surface area (Å²) < 4.78 is 9.85. The minimum absolute atomic E-state index is 0.0639. The van der Waals surface area contributed by atoms with Gasteiger partial charge >= 0.3 is 0 Å². The number of amides is 1. The summed E-state index contributed by atoms with van der Waals surface area (Å²) in [4.78, 5) is 14.5. The van der Waals surface area contributed by atoms with Crippen LogP contribution in [0.25, 0.3) is 16.8 Å². The van der Waals surface area contributed by atoms with Gasteiger partial charge in [0.15, 0.2) is 11.6 Å². The standard InChI is InChI=1S/C22H28N6O2/c1-3-27-9-4-5-17(27)14-30-19-13-23-26(2)21(19)16-8-10-28-18(11-16)12-20(25-28)24-22(29)15-6-7-15/h8,10-13,15,17H,3-7,9,14H2,1-2H3,(H,24,25,29)/t17-/m1/s1. The maximum Gasteiger partial charge on any atom is 0.228 e. The van der Waals surface area contributed by atoms with Gasteiger partial charge in [-0.15, -0.1) is 0 Å². The zero-order valence-electron chi connectivity index (χ0n) is 17.5. The molecule has 0 bridgehead atoms. The number of carbonyl (C=O) groups is 1. The van der Waals surface area contributed by atoms with Crippen LogP contribution in [-0.2, 0) is 11.8 Å². The van der Waals surface area contributed by atoms with E-state index < -0.39 is 0 Å². The highest BCUT2D eigenvalue weighted by molar-refractivity contribution is 5.93. The molecule has 1 saturated carbocycles. The van der Waals surface area contributed by atoms with E-state index in [1.54, 1.807) is 10.7 Å². The Hall–Kier alpha value is -2.87. The SMILES string of the molecule is CCN1CCC[C@@H]1COc1cnn(C)c1-c1ccn2nc(NC(=O)C3CC3)cc2c1. The van der Waals surface area contributed by atoms with Crippen molar-refractivity contribution in [2.45, 2.75) is 38.6 Å². The first-order valence-corrected chi connectivity index (χ1v) is 10.8. The predicted octanol–water partition coefficient (Wildman–Crippen LogP) is 2.95. The average Bonchev–Trinajstić information content (AvgIpc) is 3.20. The van der Waals surface area contributed by atoms with Gasteiger partial charge in [0.2, 0.25) is 5.91 Å². The van der Waals surface area contributed by atoms with Crippen molar-refractivity contribution in [3.8, 4) is 17.0 Å². The van der Waals surface area contributed by atoms with E-state index >= 15 is 0 Å². The van der Waals surface area contributed by atoms with Gasteiger partial charge in [-0.05, 0) is 50.9 Å². The molecular weight excluding hydrogens is 380 g/mol. The lowest BCUT2D eigenvalue weighted by atomic mass is 10.1. The fourth-order valence-electron chi connectivity index (χ4n) is 4.31. The van der Waals surface area contributed by atoms with Crippen molar-refractivity contribution in [1.29, 1.82) is 0 Å². The summed E-state index contributed by atoms with van der Waals surface area (Å²) in [7, 11) is 1.93. The van der Waals surface area contributed by atoms with E-state index in [9.17, 15) is 4.79 Å². The van der Waals surface area contributed by atoms with Gasteiger partial charge in [-0.25, -0.2) is 4.52 Å². The minimum Gasteiger partial charge on any atom is -0.488 e. The molecule has 8 heteroatoms. The fraction of sp³-hybridized carbons (Fsp3) is 0.500. The molecule has 0 aromatic carbocycles. The molecule has 1 aliphatic heterocycles. The smallest absolute Gasteiger partial charge is 0.228 e. The lowest BCUT2D eigenvalue weighted by molar-refractivity contribution is -0.117. The van der Waals surface area contributed by atoms with Crippen LogP contribution in [0.5, 0.6) is 5.75 Å². The predicted molar refractivity (Wildman–Crippen MR) is 115 cm³/mol. The maximum atomic E-state index is 12.0. The number of hydrogen-bond donors (Lipinski definition) is 1. The first-order valence-electron chi connectivity index (χ1n) is 10.8. The monoisotopic (exact) mass is 408 g/mol. The number of rotatable bonds is 7. The Kier molecular flexibility index (Phi) is 4.94. The number of aromatic nitrogens is 4. The van der Waals surface area contributed by atoms with Gasteiger partial charge in [-0.3, -0.25) is 14.4 Å². The van der Waals surface area contributed by atoms with Crippen molar-refractivity contribution >= 4 is 17.2 Å². The van der Waals surface area contributed by atoms with Crippen LogP contribution >= 0.6 is 0 Å². The molecule has 0 spiro atoms. The van der Waals surface area contributed by atoms with Crippen LogP contribution < -0.4 is 10.1 Å². The molecule has 2 fully saturated rings. The van der Waals surface area contributed by atoms with Gasteiger partial charge in [-0.2, -0.15) is 10.2 Å². The molecule has 5 rings (SSSR count). The number of nitrogens with one attached hydrogen (secondary N) is 1. The summed E-state index contributed by atoms with van der Waals surface area (Å²) in [6.45, 7) is 5.10. The number of aryl methyl sites for hydroxylation is 1. The number of likely N-dealkylation sites (N-methyl/N-ethyl adjacent to an activating group) is 1. The number of fused-ring (bicyclic) bond motifs is 1. The summed E-state index contributed by atoms with van der Waals surface area (Å²) in [6.07, 6.45) is 8.07. The average molecular weight is 409 g/mol. The van der Waals surface area contributed by atoms with E-state index in [0.717, 1.165) is 48.5 Å². The Balaban J connectivity index is 1.36. The van der Waals surface area contributed by atoms with Crippen molar-refractivity contribution in [3.63, 3.8) is 0 Å². The Morgan fingerprint density at radius 1 is 1.30 bits per heavy atom. The molecule has 1 N–H and O–H groups in total. The van der Waals surface area contributed by atoms with E-state index in [-0.39, 0.29) is 11.8 Å². The first-order chi connectivity index (χ1) is 14.6. The topological polar surface area (TPSA) is 76.7 Å². The highest BCUT2D eigenvalue weighted by atomic mass is 16.5. The quantitative estimate of drug-likeness (QED) is 0.650. The molecule has 158 valence electrons. The number of ether oxygens (including phenoxy) is 1. The lowest BCUT2D eigenvalue weighted by Gasteiger charge is -2.22. The van der Waals surface area contributed by atoms with Crippen molar-refractivity contribution in [1.82, 2.24) is 24.3 Å². The number of pyridine rings is 1. The Bertz CT molecular complexity index is 1070. The second kappa shape index (κ2) is 7.75. The number of carbonyl (C=O) groups excluding carboxylic acids is 1. The Morgan fingerprint density at radius 2 is 2.17 bits per heavy atom. The zero-order valence-corrected chi connectivity index (χ0v) is 17.5. The van der Waals surface area contributed by atoms with Crippen molar-refractivity contribution in [2.24, 2.45) is 13.0 Å². The van der Waals surface area contributed by atoms with Crippen LogP contribution in [0.1, 0.15) is 32.6 Å². The molecule has 3 aromatic rings. The molecule has 4 heterocycles. The van der Waals surface area contributed by atoms with Crippen LogP contribution in [-0.4, -0.2) is 55.9 Å². The lowest BCUT2D eigenvalue weighted by Crippen LogP contribution is -2.33. The van der Waals surface area contributed by atoms with Crippen molar-refractivity contribution in [2.75, 3.05) is 25.0 Å². The van der Waals surface area contributed by atoms with Crippen LogP contribution in [0, 0.1) is 5.92 Å². The molecule has 8 nitrogen and oxygen atoms in total. The van der Waals surface area contributed by atoms with E-state index in [0.29, 0.717) is 18.5 Å². The van der Waals surface area contributed by atoms with Gasteiger partial charge in [0.1, 0.15) is 12.3 Å². The summed E-state index contributed by atoms with van der Waals surface area (Å²) in [6, 6.07) is 6.43. The molecule has 0 unspecified atom stereocenters. The summed E-state index contributed by atoms with van der Waals surface area (Å²) in [5, 5.41) is 11.8. The van der Waals surface area contributed by atoms with Crippen molar-refractivity contribution in [3.05, 3.63) is 30.6 Å². The third-order valence-electron chi connectivity index (χ3n) is 6.18.